The standard InChI is InChI=1S/C14H12ClF2NO/c1-19-12-4-2-3-11(17)13(12)14(18)9-7-8(16)5-6-10(9)15/h2-7,14H,18H2,1H3. The predicted molar refractivity (Wildman–Crippen MR) is 70.4 cm³/mol. The van der Waals surface area contributed by atoms with Gasteiger partial charge in [0.2, 0.25) is 0 Å². The Kier molecular flexibility index (Phi) is 4.02. The van der Waals surface area contributed by atoms with Gasteiger partial charge in [-0.1, -0.05) is 17.7 Å². The van der Waals surface area contributed by atoms with Crippen LogP contribution in [0, 0.1) is 11.6 Å². The number of rotatable bonds is 3. The highest BCUT2D eigenvalue weighted by molar-refractivity contribution is 6.31. The molecule has 0 amide bonds. The van der Waals surface area contributed by atoms with Gasteiger partial charge in [0.05, 0.1) is 18.7 Å². The highest BCUT2D eigenvalue weighted by Crippen LogP contribution is 2.33. The summed E-state index contributed by atoms with van der Waals surface area (Å²) >= 11 is 5.98. The minimum atomic E-state index is -0.903. The van der Waals surface area contributed by atoms with E-state index < -0.39 is 17.7 Å². The van der Waals surface area contributed by atoms with Crippen molar-refractivity contribution in [2.24, 2.45) is 5.73 Å². The summed E-state index contributed by atoms with van der Waals surface area (Å²) in [7, 11) is 1.41. The molecule has 2 rings (SSSR count). The second-order valence-electron chi connectivity index (χ2n) is 4.00. The summed E-state index contributed by atoms with van der Waals surface area (Å²) in [5.41, 5.74) is 6.45. The van der Waals surface area contributed by atoms with E-state index in [1.54, 1.807) is 6.07 Å². The molecule has 0 saturated heterocycles. The summed E-state index contributed by atoms with van der Waals surface area (Å²) in [5, 5.41) is 0.277. The molecule has 19 heavy (non-hydrogen) atoms. The van der Waals surface area contributed by atoms with E-state index in [1.165, 1.54) is 37.4 Å². The molecule has 0 saturated carbocycles. The summed E-state index contributed by atoms with van der Waals surface area (Å²) in [5.74, 6) is -0.704. The molecule has 2 aromatic rings. The molecule has 100 valence electrons. The third kappa shape index (κ3) is 2.69. The Bertz CT molecular complexity index is 604. The largest absolute Gasteiger partial charge is 0.496 e. The van der Waals surface area contributed by atoms with Crippen molar-refractivity contribution in [1.29, 1.82) is 0 Å². The van der Waals surface area contributed by atoms with Crippen LogP contribution in [0.1, 0.15) is 17.2 Å². The summed E-state index contributed by atoms with van der Waals surface area (Å²) in [6, 6.07) is 7.27. The van der Waals surface area contributed by atoms with Gasteiger partial charge in [0, 0.05) is 5.02 Å². The van der Waals surface area contributed by atoms with Gasteiger partial charge in [0.25, 0.3) is 0 Å². The molecule has 0 spiro atoms. The molecule has 1 atom stereocenters. The molecule has 0 heterocycles. The number of nitrogens with two attached hydrogens (primary N) is 1. The van der Waals surface area contributed by atoms with E-state index in [4.69, 9.17) is 22.1 Å². The van der Waals surface area contributed by atoms with Crippen LogP contribution in [0.2, 0.25) is 5.02 Å². The number of ether oxygens (including phenoxy) is 1. The molecular weight excluding hydrogens is 272 g/mol. The van der Waals surface area contributed by atoms with Crippen molar-refractivity contribution in [1.82, 2.24) is 0 Å². The van der Waals surface area contributed by atoms with Gasteiger partial charge < -0.3 is 10.5 Å². The molecule has 0 radical (unpaired) electrons. The zero-order valence-corrected chi connectivity index (χ0v) is 10.9. The average Bonchev–Trinajstić information content (AvgIpc) is 2.40. The van der Waals surface area contributed by atoms with Crippen LogP contribution in [0.4, 0.5) is 8.78 Å². The zero-order valence-electron chi connectivity index (χ0n) is 10.2. The van der Waals surface area contributed by atoms with E-state index in [0.29, 0.717) is 11.3 Å². The first-order chi connectivity index (χ1) is 9.04. The molecule has 2 aromatic carbocycles. The Balaban J connectivity index is 2.55. The second kappa shape index (κ2) is 5.55. The highest BCUT2D eigenvalue weighted by Gasteiger charge is 2.21. The predicted octanol–water partition coefficient (Wildman–Crippen LogP) is 3.67. The lowest BCUT2D eigenvalue weighted by Crippen LogP contribution is -2.15. The maximum Gasteiger partial charge on any atom is 0.132 e. The van der Waals surface area contributed by atoms with Crippen molar-refractivity contribution in [2.45, 2.75) is 6.04 Å². The number of hydrogen-bond donors (Lipinski definition) is 1. The first kappa shape index (κ1) is 13.8. The third-order valence-corrected chi connectivity index (χ3v) is 3.18. The van der Waals surface area contributed by atoms with Crippen LogP contribution in [0.25, 0.3) is 0 Å². The summed E-state index contributed by atoms with van der Waals surface area (Å²) < 4.78 is 32.3. The van der Waals surface area contributed by atoms with Crippen LogP contribution in [0.15, 0.2) is 36.4 Å². The van der Waals surface area contributed by atoms with E-state index in [9.17, 15) is 8.78 Å². The number of halogens is 3. The van der Waals surface area contributed by atoms with Crippen molar-refractivity contribution < 1.29 is 13.5 Å². The summed E-state index contributed by atoms with van der Waals surface area (Å²) in [6.07, 6.45) is 0. The molecule has 1 unspecified atom stereocenters. The Morgan fingerprint density at radius 2 is 1.95 bits per heavy atom. The number of hydrogen-bond acceptors (Lipinski definition) is 2. The van der Waals surface area contributed by atoms with Crippen LogP contribution >= 0.6 is 11.6 Å². The number of benzene rings is 2. The fraction of sp³-hybridized carbons (Fsp3) is 0.143. The summed E-state index contributed by atoms with van der Waals surface area (Å²) in [6.45, 7) is 0. The zero-order chi connectivity index (χ0) is 14.0. The normalized spacial score (nSPS) is 12.3. The Hall–Kier alpha value is -1.65. The minimum absolute atomic E-state index is 0.150. The van der Waals surface area contributed by atoms with Crippen LogP contribution in [-0.2, 0) is 0 Å². The van der Waals surface area contributed by atoms with Crippen LogP contribution in [0.3, 0.4) is 0 Å². The Morgan fingerprint density at radius 1 is 1.21 bits per heavy atom. The van der Waals surface area contributed by atoms with Crippen molar-refractivity contribution in [3.8, 4) is 5.75 Å². The smallest absolute Gasteiger partial charge is 0.132 e. The van der Waals surface area contributed by atoms with E-state index in [1.807, 2.05) is 0 Å². The van der Waals surface area contributed by atoms with Crippen molar-refractivity contribution in [3.05, 3.63) is 64.2 Å². The monoisotopic (exact) mass is 283 g/mol. The fourth-order valence-electron chi connectivity index (χ4n) is 1.91. The number of methoxy groups -OCH3 is 1. The molecule has 0 fully saturated rings. The van der Waals surface area contributed by atoms with Gasteiger partial charge in [-0.3, -0.25) is 0 Å². The van der Waals surface area contributed by atoms with Gasteiger partial charge in [0.1, 0.15) is 17.4 Å². The molecule has 2 N–H and O–H groups in total. The van der Waals surface area contributed by atoms with Gasteiger partial charge >= 0.3 is 0 Å². The molecule has 0 aliphatic carbocycles. The molecule has 0 aliphatic heterocycles. The first-order valence-electron chi connectivity index (χ1n) is 5.57. The Labute approximate surface area is 114 Å². The lowest BCUT2D eigenvalue weighted by molar-refractivity contribution is 0.402. The van der Waals surface area contributed by atoms with Crippen LogP contribution in [0.5, 0.6) is 5.75 Å². The minimum Gasteiger partial charge on any atom is -0.496 e. The van der Waals surface area contributed by atoms with Crippen LogP contribution < -0.4 is 10.5 Å². The van der Waals surface area contributed by atoms with E-state index in [2.05, 4.69) is 0 Å². The molecule has 0 aromatic heterocycles. The quantitative estimate of drug-likeness (QED) is 0.933. The molecular formula is C14H12ClF2NO. The van der Waals surface area contributed by atoms with Crippen LogP contribution in [-0.4, -0.2) is 7.11 Å². The maximum atomic E-state index is 13.9. The second-order valence-corrected chi connectivity index (χ2v) is 4.41. The van der Waals surface area contributed by atoms with E-state index >= 15 is 0 Å². The van der Waals surface area contributed by atoms with Gasteiger partial charge in [-0.05, 0) is 35.9 Å². The molecule has 5 heteroatoms. The molecule has 0 aliphatic rings. The highest BCUT2D eigenvalue weighted by atomic mass is 35.5. The van der Waals surface area contributed by atoms with Gasteiger partial charge in [-0.15, -0.1) is 0 Å². The van der Waals surface area contributed by atoms with E-state index in [0.717, 1.165) is 0 Å². The van der Waals surface area contributed by atoms with Gasteiger partial charge in [-0.2, -0.15) is 0 Å². The lowest BCUT2D eigenvalue weighted by atomic mass is 9.98. The van der Waals surface area contributed by atoms with Crippen molar-refractivity contribution in [2.75, 3.05) is 7.11 Å². The third-order valence-electron chi connectivity index (χ3n) is 2.84. The molecule has 2 nitrogen and oxygen atoms in total. The van der Waals surface area contributed by atoms with Gasteiger partial charge in [0.15, 0.2) is 0 Å². The summed E-state index contributed by atoms with van der Waals surface area (Å²) in [4.78, 5) is 0. The molecule has 0 bridgehead atoms. The average molecular weight is 284 g/mol. The fourth-order valence-corrected chi connectivity index (χ4v) is 2.14. The lowest BCUT2D eigenvalue weighted by Gasteiger charge is -2.18. The van der Waals surface area contributed by atoms with Crippen molar-refractivity contribution >= 4 is 11.6 Å². The van der Waals surface area contributed by atoms with E-state index in [-0.39, 0.29) is 10.6 Å². The SMILES string of the molecule is COc1cccc(F)c1C(N)c1cc(F)ccc1Cl. The van der Waals surface area contributed by atoms with Gasteiger partial charge in [-0.25, -0.2) is 8.78 Å². The van der Waals surface area contributed by atoms with Crippen molar-refractivity contribution in [3.63, 3.8) is 0 Å². The first-order valence-corrected chi connectivity index (χ1v) is 5.95. The topological polar surface area (TPSA) is 35.2 Å². The Morgan fingerprint density at radius 3 is 2.63 bits per heavy atom. The maximum absolute atomic E-state index is 13.9.